The van der Waals surface area contributed by atoms with Gasteiger partial charge >= 0.3 is 0 Å². The molecule has 3 heteroatoms. The molecule has 1 aliphatic heterocycles. The Morgan fingerprint density at radius 1 is 1.22 bits per heavy atom. The van der Waals surface area contributed by atoms with Crippen LogP contribution in [0.1, 0.15) is 17.5 Å². The first-order valence-electron chi connectivity index (χ1n) is 6.85. The van der Waals surface area contributed by atoms with Gasteiger partial charge in [0.1, 0.15) is 0 Å². The molecule has 0 spiro atoms. The second-order valence-electron chi connectivity index (χ2n) is 4.98. The number of hydrogen-bond acceptors (Lipinski definition) is 3. The van der Waals surface area contributed by atoms with Crippen molar-refractivity contribution in [1.82, 2.24) is 4.90 Å². The van der Waals surface area contributed by atoms with Crippen molar-refractivity contribution >= 4 is 11.8 Å². The van der Waals surface area contributed by atoms with Gasteiger partial charge in [0.15, 0.2) is 0 Å². The summed E-state index contributed by atoms with van der Waals surface area (Å²) in [7, 11) is 0. The quantitative estimate of drug-likeness (QED) is 0.884. The molecule has 0 radical (unpaired) electrons. The van der Waals surface area contributed by atoms with E-state index >= 15 is 0 Å². The number of benzene rings is 1. The maximum Gasteiger partial charge on any atom is 0.0226 e. The van der Waals surface area contributed by atoms with Gasteiger partial charge in [-0.3, -0.25) is 4.90 Å². The van der Waals surface area contributed by atoms with Crippen LogP contribution in [0.25, 0.3) is 0 Å². The fraction of sp³-hybridized carbons (Fsp3) is 0.600. The van der Waals surface area contributed by atoms with Crippen LogP contribution < -0.4 is 5.73 Å². The lowest BCUT2D eigenvalue weighted by Crippen LogP contribution is -2.42. The lowest BCUT2D eigenvalue weighted by Gasteiger charge is -2.29. The molecule has 2 rings (SSSR count). The van der Waals surface area contributed by atoms with E-state index in [2.05, 4.69) is 35.4 Å². The summed E-state index contributed by atoms with van der Waals surface area (Å²) in [5, 5.41) is 0. The predicted molar refractivity (Wildman–Crippen MR) is 81.3 cm³/mol. The summed E-state index contributed by atoms with van der Waals surface area (Å²) >= 11 is 1.92. The van der Waals surface area contributed by atoms with Crippen molar-refractivity contribution in [1.29, 1.82) is 0 Å². The molecule has 1 heterocycles. The van der Waals surface area contributed by atoms with Gasteiger partial charge in [0.25, 0.3) is 0 Å². The van der Waals surface area contributed by atoms with E-state index in [-0.39, 0.29) is 0 Å². The van der Waals surface area contributed by atoms with Gasteiger partial charge in [0, 0.05) is 25.7 Å². The topological polar surface area (TPSA) is 29.3 Å². The van der Waals surface area contributed by atoms with Crippen LogP contribution in [-0.4, -0.2) is 42.6 Å². The first-order chi connectivity index (χ1) is 8.85. The monoisotopic (exact) mass is 264 g/mol. The molecule has 0 fully saturated rings. The maximum atomic E-state index is 5.95. The molecule has 1 atom stereocenters. The molecule has 2 nitrogen and oxygen atoms in total. The maximum absolute atomic E-state index is 5.95. The van der Waals surface area contributed by atoms with E-state index in [0.717, 1.165) is 19.6 Å². The molecule has 0 amide bonds. The normalized spacial score (nSPS) is 18.1. The summed E-state index contributed by atoms with van der Waals surface area (Å²) in [5.41, 5.74) is 9.01. The second-order valence-corrected chi connectivity index (χ2v) is 5.96. The van der Waals surface area contributed by atoms with Crippen LogP contribution in [0.3, 0.4) is 0 Å². The van der Waals surface area contributed by atoms with Gasteiger partial charge in [-0.2, -0.15) is 11.8 Å². The molecule has 0 aliphatic carbocycles. The van der Waals surface area contributed by atoms with Gasteiger partial charge in [-0.05, 0) is 42.4 Å². The van der Waals surface area contributed by atoms with Crippen LogP contribution in [0.5, 0.6) is 0 Å². The van der Waals surface area contributed by atoms with Gasteiger partial charge in [-0.25, -0.2) is 0 Å². The zero-order valence-corrected chi connectivity index (χ0v) is 12.1. The van der Waals surface area contributed by atoms with E-state index in [1.807, 2.05) is 11.8 Å². The summed E-state index contributed by atoms with van der Waals surface area (Å²) in [4.78, 5) is 2.59. The lowest BCUT2D eigenvalue weighted by atomic mass is 10.0. The minimum Gasteiger partial charge on any atom is -0.329 e. The third-order valence-corrected chi connectivity index (χ3v) is 4.54. The predicted octanol–water partition coefficient (Wildman–Crippen LogP) is 2.17. The van der Waals surface area contributed by atoms with E-state index in [4.69, 9.17) is 5.73 Å². The molecule has 1 aromatic rings. The van der Waals surface area contributed by atoms with Gasteiger partial charge in [0.2, 0.25) is 0 Å². The van der Waals surface area contributed by atoms with E-state index in [1.54, 1.807) is 0 Å². The average molecular weight is 264 g/mol. The fourth-order valence-electron chi connectivity index (χ4n) is 2.75. The Kier molecular flexibility index (Phi) is 5.54. The molecule has 18 heavy (non-hydrogen) atoms. The van der Waals surface area contributed by atoms with Crippen molar-refractivity contribution in [3.05, 3.63) is 35.4 Å². The molecule has 0 aromatic heterocycles. The third-order valence-electron chi connectivity index (χ3n) is 3.90. The fourth-order valence-corrected chi connectivity index (χ4v) is 3.26. The highest BCUT2D eigenvalue weighted by molar-refractivity contribution is 7.98. The number of nitrogens with zero attached hydrogens (tertiary/aromatic N) is 1. The van der Waals surface area contributed by atoms with Crippen molar-refractivity contribution in [2.75, 3.05) is 31.6 Å². The van der Waals surface area contributed by atoms with Crippen LogP contribution in [-0.2, 0) is 12.8 Å². The van der Waals surface area contributed by atoms with Crippen molar-refractivity contribution in [3.8, 4) is 0 Å². The first kappa shape index (κ1) is 13.9. The third kappa shape index (κ3) is 3.50. The van der Waals surface area contributed by atoms with Crippen LogP contribution >= 0.6 is 11.8 Å². The number of rotatable bonds is 5. The van der Waals surface area contributed by atoms with Crippen molar-refractivity contribution in [2.24, 2.45) is 5.73 Å². The standard InChI is InChI=1S/C15H24N2S/c1-18-11-8-15(12-16)17-9-6-13-4-2-3-5-14(13)7-10-17/h2-5,15H,6-12,16H2,1H3. The van der Waals surface area contributed by atoms with Crippen LogP contribution in [0.2, 0.25) is 0 Å². The number of nitrogens with two attached hydrogens (primary N) is 1. The van der Waals surface area contributed by atoms with Crippen LogP contribution in [0, 0.1) is 0 Å². The lowest BCUT2D eigenvalue weighted by molar-refractivity contribution is 0.205. The Morgan fingerprint density at radius 2 is 1.83 bits per heavy atom. The molecule has 1 aromatic carbocycles. The Morgan fingerprint density at radius 3 is 2.33 bits per heavy atom. The number of thioether (sulfide) groups is 1. The zero-order valence-electron chi connectivity index (χ0n) is 11.3. The minimum atomic E-state index is 0.562. The molecule has 100 valence electrons. The molecular weight excluding hydrogens is 240 g/mol. The Hall–Kier alpha value is -0.510. The largest absolute Gasteiger partial charge is 0.329 e. The number of fused-ring (bicyclic) bond motifs is 1. The molecule has 1 aliphatic rings. The van der Waals surface area contributed by atoms with Crippen molar-refractivity contribution < 1.29 is 0 Å². The number of hydrogen-bond donors (Lipinski definition) is 1. The summed E-state index contributed by atoms with van der Waals surface area (Å²) in [6, 6.07) is 9.42. The van der Waals surface area contributed by atoms with Gasteiger partial charge < -0.3 is 5.73 Å². The van der Waals surface area contributed by atoms with Crippen molar-refractivity contribution in [3.63, 3.8) is 0 Å². The van der Waals surface area contributed by atoms with E-state index < -0.39 is 0 Å². The minimum absolute atomic E-state index is 0.562. The van der Waals surface area contributed by atoms with Gasteiger partial charge in [0.05, 0.1) is 0 Å². The summed E-state index contributed by atoms with van der Waals surface area (Å²) < 4.78 is 0. The van der Waals surface area contributed by atoms with Gasteiger partial charge in [-0.1, -0.05) is 24.3 Å². The molecule has 0 bridgehead atoms. The smallest absolute Gasteiger partial charge is 0.0226 e. The van der Waals surface area contributed by atoms with E-state index in [9.17, 15) is 0 Å². The molecule has 1 unspecified atom stereocenters. The zero-order chi connectivity index (χ0) is 12.8. The SMILES string of the molecule is CSCCC(CN)N1CCc2ccccc2CC1. The van der Waals surface area contributed by atoms with E-state index in [0.29, 0.717) is 6.04 Å². The highest BCUT2D eigenvalue weighted by atomic mass is 32.2. The van der Waals surface area contributed by atoms with Crippen LogP contribution in [0.4, 0.5) is 0 Å². The highest BCUT2D eigenvalue weighted by Crippen LogP contribution is 2.18. The second kappa shape index (κ2) is 7.17. The first-order valence-corrected chi connectivity index (χ1v) is 8.24. The van der Waals surface area contributed by atoms with E-state index in [1.165, 1.54) is 36.1 Å². The summed E-state index contributed by atoms with van der Waals surface area (Å²) in [6.45, 7) is 3.11. The molecular formula is C15H24N2S. The van der Waals surface area contributed by atoms with Crippen molar-refractivity contribution in [2.45, 2.75) is 25.3 Å². The molecule has 0 saturated carbocycles. The Bertz CT molecular complexity index is 340. The van der Waals surface area contributed by atoms with Crippen LogP contribution in [0.15, 0.2) is 24.3 Å². The Labute approximate surface area is 115 Å². The highest BCUT2D eigenvalue weighted by Gasteiger charge is 2.19. The van der Waals surface area contributed by atoms with Gasteiger partial charge in [-0.15, -0.1) is 0 Å². The average Bonchev–Trinajstić information content (AvgIpc) is 2.63. The summed E-state index contributed by atoms with van der Waals surface area (Å²) in [5.74, 6) is 1.21. The molecule has 0 saturated heterocycles. The Balaban J connectivity index is 1.97. The molecule has 2 N–H and O–H groups in total. The summed E-state index contributed by atoms with van der Waals surface area (Å²) in [6.07, 6.45) is 5.73.